The highest BCUT2D eigenvalue weighted by molar-refractivity contribution is 5.72. The van der Waals surface area contributed by atoms with Crippen LogP contribution in [0.15, 0.2) is 0 Å². The molecule has 0 aromatic carbocycles. The smallest absolute Gasteiger partial charge is 0.332 e. The number of aliphatic hydroxyl groups is 2. The highest BCUT2D eigenvalue weighted by Crippen LogP contribution is 2.07. The van der Waals surface area contributed by atoms with E-state index in [1.54, 1.807) is 6.92 Å². The van der Waals surface area contributed by atoms with Gasteiger partial charge in [-0.15, -0.1) is 0 Å². The van der Waals surface area contributed by atoms with Crippen LogP contribution in [0.3, 0.4) is 0 Å². The van der Waals surface area contributed by atoms with E-state index in [1.807, 2.05) is 0 Å². The molecule has 4 nitrogen and oxygen atoms in total. The van der Waals surface area contributed by atoms with Gasteiger partial charge in [0.15, 0.2) is 6.10 Å². The molecular weight excluding hydrogens is 136 g/mol. The Kier molecular flexibility index (Phi) is 3.99. The maximum absolute atomic E-state index is 10.1. The van der Waals surface area contributed by atoms with Crippen LogP contribution in [0.1, 0.15) is 13.3 Å². The normalized spacial score (nSPS) is 16.3. The Morgan fingerprint density at radius 2 is 2.10 bits per heavy atom. The van der Waals surface area contributed by atoms with Gasteiger partial charge in [-0.3, -0.25) is 0 Å². The van der Waals surface area contributed by atoms with Gasteiger partial charge in [-0.1, -0.05) is 6.92 Å². The van der Waals surface area contributed by atoms with Crippen molar-refractivity contribution in [2.75, 3.05) is 6.61 Å². The SMILES string of the molecule is CCC(CO)C(O)C(=O)O. The lowest BCUT2D eigenvalue weighted by Crippen LogP contribution is -2.31. The number of carbonyl (C=O) groups is 1. The minimum atomic E-state index is -1.44. The van der Waals surface area contributed by atoms with Crippen LogP contribution >= 0.6 is 0 Å². The highest BCUT2D eigenvalue weighted by atomic mass is 16.4. The highest BCUT2D eigenvalue weighted by Gasteiger charge is 2.22. The van der Waals surface area contributed by atoms with Crippen LogP contribution in [0.4, 0.5) is 0 Å². The lowest BCUT2D eigenvalue weighted by molar-refractivity contribution is -0.150. The zero-order valence-corrected chi connectivity index (χ0v) is 5.82. The second-order valence-corrected chi connectivity index (χ2v) is 2.13. The molecule has 0 aromatic heterocycles. The van der Waals surface area contributed by atoms with E-state index in [0.717, 1.165) is 0 Å². The zero-order chi connectivity index (χ0) is 8.15. The largest absolute Gasteiger partial charge is 0.479 e. The summed E-state index contributed by atoms with van der Waals surface area (Å²) in [6.45, 7) is 1.43. The second-order valence-electron chi connectivity index (χ2n) is 2.13. The molecule has 0 amide bonds. The molecule has 0 saturated carbocycles. The third kappa shape index (κ3) is 2.33. The summed E-state index contributed by atoms with van der Waals surface area (Å²) in [6, 6.07) is 0. The van der Waals surface area contributed by atoms with Crippen molar-refractivity contribution in [2.24, 2.45) is 5.92 Å². The van der Waals surface area contributed by atoms with E-state index in [-0.39, 0.29) is 6.61 Å². The molecule has 0 heterocycles. The topological polar surface area (TPSA) is 77.8 Å². The van der Waals surface area contributed by atoms with E-state index in [4.69, 9.17) is 15.3 Å². The first-order chi connectivity index (χ1) is 4.63. The Labute approximate surface area is 59.1 Å². The van der Waals surface area contributed by atoms with E-state index < -0.39 is 18.0 Å². The van der Waals surface area contributed by atoms with Gasteiger partial charge in [-0.25, -0.2) is 4.79 Å². The van der Waals surface area contributed by atoms with Crippen LogP contribution in [0, 0.1) is 5.92 Å². The van der Waals surface area contributed by atoms with Crippen molar-refractivity contribution in [2.45, 2.75) is 19.4 Å². The number of carboxylic acids is 1. The van der Waals surface area contributed by atoms with Gasteiger partial charge < -0.3 is 15.3 Å². The van der Waals surface area contributed by atoms with Crippen LogP contribution in [-0.2, 0) is 4.79 Å². The molecule has 10 heavy (non-hydrogen) atoms. The van der Waals surface area contributed by atoms with Crippen molar-refractivity contribution >= 4 is 5.97 Å². The number of aliphatic carboxylic acids is 1. The predicted molar refractivity (Wildman–Crippen MR) is 34.5 cm³/mol. The Morgan fingerprint density at radius 1 is 1.60 bits per heavy atom. The number of carboxylic acid groups (broad SMARTS) is 1. The van der Waals surface area contributed by atoms with E-state index in [2.05, 4.69) is 0 Å². The average Bonchev–Trinajstić information content (AvgIpc) is 1.90. The van der Waals surface area contributed by atoms with E-state index in [1.165, 1.54) is 0 Å². The van der Waals surface area contributed by atoms with Gasteiger partial charge in [0, 0.05) is 12.5 Å². The Morgan fingerprint density at radius 3 is 2.20 bits per heavy atom. The number of aliphatic hydroxyl groups excluding tert-OH is 2. The third-order valence-electron chi connectivity index (χ3n) is 1.46. The summed E-state index contributed by atoms with van der Waals surface area (Å²) in [6.07, 6.45) is -0.973. The molecule has 0 aliphatic carbocycles. The van der Waals surface area contributed by atoms with Crippen molar-refractivity contribution < 1.29 is 20.1 Å². The Hall–Kier alpha value is -0.610. The van der Waals surface area contributed by atoms with Gasteiger partial charge in [0.2, 0.25) is 0 Å². The fraction of sp³-hybridized carbons (Fsp3) is 0.833. The molecule has 0 spiro atoms. The summed E-state index contributed by atoms with van der Waals surface area (Å²) in [5, 5.41) is 25.6. The molecular formula is C6H12O4. The monoisotopic (exact) mass is 148 g/mol. The molecule has 2 atom stereocenters. The fourth-order valence-electron chi connectivity index (χ4n) is 0.654. The Bertz CT molecular complexity index is 108. The minimum Gasteiger partial charge on any atom is -0.479 e. The van der Waals surface area contributed by atoms with Gasteiger partial charge in [-0.2, -0.15) is 0 Å². The van der Waals surface area contributed by atoms with Crippen LogP contribution < -0.4 is 0 Å². The van der Waals surface area contributed by atoms with Gasteiger partial charge in [0.1, 0.15) is 0 Å². The summed E-state index contributed by atoms with van der Waals surface area (Å²) in [4.78, 5) is 10.1. The maximum Gasteiger partial charge on any atom is 0.332 e. The second kappa shape index (κ2) is 4.24. The van der Waals surface area contributed by atoms with Crippen molar-refractivity contribution in [3.63, 3.8) is 0 Å². The molecule has 60 valence electrons. The summed E-state index contributed by atoms with van der Waals surface area (Å²) < 4.78 is 0. The lowest BCUT2D eigenvalue weighted by atomic mass is 10.0. The molecule has 0 aliphatic rings. The van der Waals surface area contributed by atoms with Crippen LogP contribution in [0.2, 0.25) is 0 Å². The number of hydrogen-bond acceptors (Lipinski definition) is 3. The first-order valence-corrected chi connectivity index (χ1v) is 3.15. The van der Waals surface area contributed by atoms with E-state index in [9.17, 15) is 4.79 Å². The minimum absolute atomic E-state index is 0.288. The molecule has 0 aromatic rings. The van der Waals surface area contributed by atoms with Crippen molar-refractivity contribution in [3.8, 4) is 0 Å². The lowest BCUT2D eigenvalue weighted by Gasteiger charge is -2.14. The molecule has 2 unspecified atom stereocenters. The number of hydrogen-bond donors (Lipinski definition) is 3. The van der Waals surface area contributed by atoms with Gasteiger partial charge in [-0.05, 0) is 6.42 Å². The summed E-state index contributed by atoms with van der Waals surface area (Å²) >= 11 is 0. The van der Waals surface area contributed by atoms with Gasteiger partial charge in [0.25, 0.3) is 0 Å². The molecule has 0 bridgehead atoms. The number of rotatable bonds is 4. The quantitative estimate of drug-likeness (QED) is 0.500. The molecule has 0 rings (SSSR count). The molecule has 3 N–H and O–H groups in total. The van der Waals surface area contributed by atoms with E-state index in [0.29, 0.717) is 6.42 Å². The molecule has 0 saturated heterocycles. The van der Waals surface area contributed by atoms with Crippen molar-refractivity contribution in [3.05, 3.63) is 0 Å². The molecule has 0 aliphatic heterocycles. The molecule has 4 heteroatoms. The van der Waals surface area contributed by atoms with Crippen LogP contribution in [0.5, 0.6) is 0 Å². The van der Waals surface area contributed by atoms with Crippen LogP contribution in [-0.4, -0.2) is 34.0 Å². The molecule has 0 fully saturated rings. The predicted octanol–water partition coefficient (Wildman–Crippen LogP) is -0.550. The Balaban J connectivity index is 3.88. The van der Waals surface area contributed by atoms with Gasteiger partial charge >= 0.3 is 5.97 Å². The summed E-state index contributed by atoms with van der Waals surface area (Å²) in [7, 11) is 0. The zero-order valence-electron chi connectivity index (χ0n) is 5.82. The third-order valence-corrected chi connectivity index (χ3v) is 1.46. The van der Waals surface area contributed by atoms with Crippen LogP contribution in [0.25, 0.3) is 0 Å². The fourth-order valence-corrected chi connectivity index (χ4v) is 0.654. The summed E-state index contributed by atoms with van der Waals surface area (Å²) in [5.41, 5.74) is 0. The standard InChI is InChI=1S/C6H12O4/c1-2-4(3-7)5(8)6(9)10/h4-5,7-8H,2-3H2,1H3,(H,9,10). The first-order valence-electron chi connectivity index (χ1n) is 3.15. The van der Waals surface area contributed by atoms with Gasteiger partial charge in [0.05, 0.1) is 0 Å². The van der Waals surface area contributed by atoms with E-state index >= 15 is 0 Å². The average molecular weight is 148 g/mol. The van der Waals surface area contributed by atoms with Crippen molar-refractivity contribution in [1.29, 1.82) is 0 Å². The first kappa shape index (κ1) is 9.39. The maximum atomic E-state index is 10.1. The molecule has 0 radical (unpaired) electrons. The van der Waals surface area contributed by atoms with Crippen molar-refractivity contribution in [1.82, 2.24) is 0 Å². The summed E-state index contributed by atoms with van der Waals surface area (Å²) in [5.74, 6) is -1.82.